The van der Waals surface area contributed by atoms with Gasteiger partial charge in [-0.2, -0.15) is 0 Å². The van der Waals surface area contributed by atoms with Crippen LogP contribution in [0.3, 0.4) is 0 Å². The van der Waals surface area contributed by atoms with Gasteiger partial charge in [-0.1, -0.05) is 30.3 Å². The molecule has 0 amide bonds. The molecular formula is C18H19N5. The van der Waals surface area contributed by atoms with Crippen LogP contribution in [-0.2, 0) is 19.5 Å². The Labute approximate surface area is 135 Å². The standard InChI is InChI=1S/C18H19N5/c1-13-9-19-17(21-13)12-23-8-7-16-15(11-23)10-20-18(22-16)14-5-3-2-4-6-14/h2-6,9-10H,7-8,11-12H2,1H3,(H,19,21). The van der Waals surface area contributed by atoms with E-state index in [2.05, 4.69) is 32.0 Å². The van der Waals surface area contributed by atoms with Gasteiger partial charge in [-0.15, -0.1) is 0 Å². The number of fused-ring (bicyclic) bond motifs is 1. The first-order valence-electron chi connectivity index (χ1n) is 7.91. The van der Waals surface area contributed by atoms with E-state index >= 15 is 0 Å². The second kappa shape index (κ2) is 5.93. The number of nitrogens with one attached hydrogen (secondary N) is 1. The third-order valence-electron chi connectivity index (χ3n) is 4.17. The molecule has 0 spiro atoms. The van der Waals surface area contributed by atoms with E-state index in [-0.39, 0.29) is 0 Å². The molecule has 1 aliphatic heterocycles. The van der Waals surface area contributed by atoms with Gasteiger partial charge in [0.1, 0.15) is 5.82 Å². The number of aromatic nitrogens is 4. The van der Waals surface area contributed by atoms with Crippen molar-refractivity contribution in [1.82, 2.24) is 24.8 Å². The normalized spacial score (nSPS) is 14.7. The second-order valence-electron chi connectivity index (χ2n) is 6.01. The lowest BCUT2D eigenvalue weighted by Gasteiger charge is -2.27. The van der Waals surface area contributed by atoms with Gasteiger partial charge >= 0.3 is 0 Å². The summed E-state index contributed by atoms with van der Waals surface area (Å²) in [6.45, 7) is 4.75. The zero-order chi connectivity index (χ0) is 15.6. The van der Waals surface area contributed by atoms with Gasteiger partial charge in [0.25, 0.3) is 0 Å². The molecule has 0 saturated heterocycles. The van der Waals surface area contributed by atoms with Crippen molar-refractivity contribution in [3.05, 3.63) is 65.5 Å². The van der Waals surface area contributed by atoms with Crippen molar-refractivity contribution < 1.29 is 0 Å². The number of hydrogen-bond acceptors (Lipinski definition) is 4. The van der Waals surface area contributed by atoms with Crippen LogP contribution < -0.4 is 0 Å². The minimum atomic E-state index is 0.819. The average Bonchev–Trinajstić information content (AvgIpc) is 3.00. The van der Waals surface area contributed by atoms with Gasteiger partial charge in [0, 0.05) is 48.7 Å². The molecule has 23 heavy (non-hydrogen) atoms. The molecule has 5 nitrogen and oxygen atoms in total. The summed E-state index contributed by atoms with van der Waals surface area (Å²) in [5, 5.41) is 0. The molecule has 1 aliphatic rings. The van der Waals surface area contributed by atoms with E-state index in [1.807, 2.05) is 37.5 Å². The summed E-state index contributed by atoms with van der Waals surface area (Å²) in [5.74, 6) is 1.84. The maximum atomic E-state index is 4.77. The number of H-pyrrole nitrogens is 1. The van der Waals surface area contributed by atoms with E-state index in [0.717, 1.165) is 49.0 Å². The zero-order valence-electron chi connectivity index (χ0n) is 13.2. The predicted octanol–water partition coefficient (Wildman–Crippen LogP) is 2.73. The van der Waals surface area contributed by atoms with Gasteiger partial charge < -0.3 is 4.98 Å². The van der Waals surface area contributed by atoms with Gasteiger partial charge in [-0.05, 0) is 6.92 Å². The largest absolute Gasteiger partial charge is 0.345 e. The molecule has 116 valence electrons. The predicted molar refractivity (Wildman–Crippen MR) is 88.6 cm³/mol. The molecular weight excluding hydrogens is 286 g/mol. The Morgan fingerprint density at radius 3 is 2.78 bits per heavy atom. The van der Waals surface area contributed by atoms with Crippen LogP contribution in [0.25, 0.3) is 11.4 Å². The summed E-state index contributed by atoms with van der Waals surface area (Å²) in [6, 6.07) is 10.2. The van der Waals surface area contributed by atoms with Crippen LogP contribution in [0.15, 0.2) is 42.7 Å². The van der Waals surface area contributed by atoms with Crippen molar-refractivity contribution in [2.45, 2.75) is 26.4 Å². The number of imidazole rings is 1. The van der Waals surface area contributed by atoms with E-state index in [0.29, 0.717) is 0 Å². The number of benzene rings is 1. The topological polar surface area (TPSA) is 57.7 Å². The molecule has 0 radical (unpaired) electrons. The Morgan fingerprint density at radius 2 is 2.00 bits per heavy atom. The Kier molecular flexibility index (Phi) is 3.63. The van der Waals surface area contributed by atoms with Gasteiger partial charge in [-0.25, -0.2) is 15.0 Å². The minimum Gasteiger partial charge on any atom is -0.345 e. The first-order valence-corrected chi connectivity index (χ1v) is 7.91. The number of aromatic amines is 1. The third kappa shape index (κ3) is 3.00. The van der Waals surface area contributed by atoms with Gasteiger partial charge in [-0.3, -0.25) is 4.90 Å². The smallest absolute Gasteiger partial charge is 0.159 e. The molecule has 5 heteroatoms. The summed E-state index contributed by atoms with van der Waals surface area (Å²) in [6.07, 6.45) is 4.81. The molecule has 0 unspecified atom stereocenters. The van der Waals surface area contributed by atoms with Crippen molar-refractivity contribution in [2.75, 3.05) is 6.54 Å². The number of nitrogens with zero attached hydrogens (tertiary/aromatic N) is 4. The monoisotopic (exact) mass is 305 g/mol. The number of rotatable bonds is 3. The average molecular weight is 305 g/mol. The quantitative estimate of drug-likeness (QED) is 0.808. The SMILES string of the molecule is Cc1cnc(CN2CCc3nc(-c4ccccc4)ncc3C2)[nH]1. The summed E-state index contributed by atoms with van der Waals surface area (Å²) in [5.41, 5.74) is 4.57. The third-order valence-corrected chi connectivity index (χ3v) is 4.17. The van der Waals surface area contributed by atoms with Crippen LogP contribution in [0.5, 0.6) is 0 Å². The molecule has 3 aromatic rings. The van der Waals surface area contributed by atoms with Crippen molar-refractivity contribution in [3.63, 3.8) is 0 Å². The van der Waals surface area contributed by atoms with Gasteiger partial charge in [0.15, 0.2) is 5.82 Å². The molecule has 0 atom stereocenters. The Morgan fingerprint density at radius 1 is 1.13 bits per heavy atom. The summed E-state index contributed by atoms with van der Waals surface area (Å²) in [4.78, 5) is 19.4. The highest BCUT2D eigenvalue weighted by molar-refractivity contribution is 5.54. The Hall–Kier alpha value is -2.53. The van der Waals surface area contributed by atoms with Crippen molar-refractivity contribution >= 4 is 0 Å². The van der Waals surface area contributed by atoms with Crippen molar-refractivity contribution in [3.8, 4) is 11.4 Å². The summed E-state index contributed by atoms with van der Waals surface area (Å²) < 4.78 is 0. The molecule has 4 rings (SSSR count). The van der Waals surface area contributed by atoms with E-state index < -0.39 is 0 Å². The lowest BCUT2D eigenvalue weighted by molar-refractivity contribution is 0.237. The highest BCUT2D eigenvalue weighted by Gasteiger charge is 2.19. The molecule has 1 aromatic carbocycles. The molecule has 2 aromatic heterocycles. The van der Waals surface area contributed by atoms with Crippen LogP contribution >= 0.6 is 0 Å². The molecule has 1 N–H and O–H groups in total. The number of hydrogen-bond donors (Lipinski definition) is 1. The Balaban J connectivity index is 1.52. The molecule has 3 heterocycles. The highest BCUT2D eigenvalue weighted by Crippen LogP contribution is 2.21. The van der Waals surface area contributed by atoms with Crippen molar-refractivity contribution in [1.29, 1.82) is 0 Å². The van der Waals surface area contributed by atoms with Crippen LogP contribution in [-0.4, -0.2) is 31.4 Å². The van der Waals surface area contributed by atoms with E-state index in [1.165, 1.54) is 11.3 Å². The molecule has 0 bridgehead atoms. The van der Waals surface area contributed by atoms with E-state index in [1.54, 1.807) is 0 Å². The minimum absolute atomic E-state index is 0.819. The van der Waals surface area contributed by atoms with E-state index in [4.69, 9.17) is 4.98 Å². The molecule has 0 aliphatic carbocycles. The summed E-state index contributed by atoms with van der Waals surface area (Å²) in [7, 11) is 0. The fraction of sp³-hybridized carbons (Fsp3) is 0.278. The van der Waals surface area contributed by atoms with Crippen LogP contribution in [0, 0.1) is 6.92 Å². The second-order valence-corrected chi connectivity index (χ2v) is 6.01. The lowest BCUT2D eigenvalue weighted by Crippen LogP contribution is -2.31. The Bertz CT molecular complexity index is 809. The van der Waals surface area contributed by atoms with Gasteiger partial charge in [0.2, 0.25) is 0 Å². The maximum absolute atomic E-state index is 4.77. The van der Waals surface area contributed by atoms with Crippen LogP contribution in [0.4, 0.5) is 0 Å². The van der Waals surface area contributed by atoms with Crippen LogP contribution in [0.2, 0.25) is 0 Å². The zero-order valence-corrected chi connectivity index (χ0v) is 13.2. The number of aryl methyl sites for hydroxylation is 1. The highest BCUT2D eigenvalue weighted by atomic mass is 15.2. The molecule has 0 fully saturated rings. The van der Waals surface area contributed by atoms with Crippen molar-refractivity contribution in [2.24, 2.45) is 0 Å². The fourth-order valence-corrected chi connectivity index (χ4v) is 2.99. The van der Waals surface area contributed by atoms with E-state index in [9.17, 15) is 0 Å². The first-order chi connectivity index (χ1) is 11.3. The van der Waals surface area contributed by atoms with Gasteiger partial charge in [0.05, 0.1) is 12.2 Å². The first kappa shape index (κ1) is 14.1. The molecule has 0 saturated carbocycles. The fourth-order valence-electron chi connectivity index (χ4n) is 2.99. The van der Waals surface area contributed by atoms with Crippen LogP contribution in [0.1, 0.15) is 22.8 Å². The maximum Gasteiger partial charge on any atom is 0.159 e. The summed E-state index contributed by atoms with van der Waals surface area (Å²) >= 11 is 0. The lowest BCUT2D eigenvalue weighted by atomic mass is 10.1.